The third-order valence-corrected chi connectivity index (χ3v) is 3.36. The standard InChI is InChI=1S/C10H13BrClNS/c1-14-6-2-5-13-10-4-3-8(12)7-9(10)11/h3-4,7,13H,2,5-6H2,1H3. The highest BCUT2D eigenvalue weighted by molar-refractivity contribution is 9.10. The van der Waals surface area contributed by atoms with E-state index in [1.165, 1.54) is 12.2 Å². The Morgan fingerprint density at radius 3 is 2.93 bits per heavy atom. The summed E-state index contributed by atoms with van der Waals surface area (Å²) in [5.74, 6) is 1.19. The maximum Gasteiger partial charge on any atom is 0.0485 e. The van der Waals surface area contributed by atoms with Crippen LogP contribution in [0.2, 0.25) is 5.02 Å². The van der Waals surface area contributed by atoms with Gasteiger partial charge in [0.1, 0.15) is 0 Å². The summed E-state index contributed by atoms with van der Waals surface area (Å²) in [6.07, 6.45) is 3.30. The smallest absolute Gasteiger partial charge is 0.0485 e. The van der Waals surface area contributed by atoms with Crippen molar-refractivity contribution in [3.8, 4) is 0 Å². The second kappa shape index (κ2) is 6.59. The van der Waals surface area contributed by atoms with E-state index in [2.05, 4.69) is 27.5 Å². The molecule has 0 atom stereocenters. The summed E-state index contributed by atoms with van der Waals surface area (Å²) in [6.45, 7) is 1.00. The van der Waals surface area contributed by atoms with Gasteiger partial charge in [0.05, 0.1) is 0 Å². The molecule has 78 valence electrons. The highest BCUT2D eigenvalue weighted by Crippen LogP contribution is 2.25. The van der Waals surface area contributed by atoms with Crippen molar-refractivity contribution in [1.29, 1.82) is 0 Å². The molecule has 1 aromatic carbocycles. The molecule has 1 aromatic rings. The number of rotatable bonds is 5. The van der Waals surface area contributed by atoms with Crippen LogP contribution in [0.15, 0.2) is 22.7 Å². The number of benzene rings is 1. The minimum Gasteiger partial charge on any atom is -0.384 e. The summed E-state index contributed by atoms with van der Waals surface area (Å²) in [7, 11) is 0. The molecule has 1 N–H and O–H groups in total. The summed E-state index contributed by atoms with van der Waals surface area (Å²) in [4.78, 5) is 0. The molecule has 0 radical (unpaired) electrons. The van der Waals surface area contributed by atoms with Gasteiger partial charge in [-0.3, -0.25) is 0 Å². The Hall–Kier alpha value is 0.140. The second-order valence-corrected chi connectivity index (χ2v) is 5.17. The zero-order valence-corrected chi connectivity index (χ0v) is 11.2. The first-order chi connectivity index (χ1) is 6.74. The first kappa shape index (κ1) is 12.2. The first-order valence-electron chi connectivity index (χ1n) is 4.42. The van der Waals surface area contributed by atoms with Crippen molar-refractivity contribution in [2.45, 2.75) is 6.42 Å². The van der Waals surface area contributed by atoms with E-state index in [0.29, 0.717) is 0 Å². The predicted molar refractivity (Wildman–Crippen MR) is 70.6 cm³/mol. The summed E-state index contributed by atoms with van der Waals surface area (Å²) < 4.78 is 1.02. The number of halogens is 2. The molecule has 0 saturated heterocycles. The van der Waals surface area contributed by atoms with Gasteiger partial charge in [-0.15, -0.1) is 0 Å². The van der Waals surface area contributed by atoms with Crippen LogP contribution in [0.25, 0.3) is 0 Å². The highest BCUT2D eigenvalue weighted by atomic mass is 79.9. The van der Waals surface area contributed by atoms with Crippen molar-refractivity contribution in [2.75, 3.05) is 23.9 Å². The number of hydrogen-bond acceptors (Lipinski definition) is 2. The zero-order chi connectivity index (χ0) is 10.4. The number of anilines is 1. The van der Waals surface area contributed by atoms with Gasteiger partial charge in [0.2, 0.25) is 0 Å². The Morgan fingerprint density at radius 1 is 1.50 bits per heavy atom. The highest BCUT2D eigenvalue weighted by Gasteiger charge is 1.98. The van der Waals surface area contributed by atoms with Gasteiger partial charge < -0.3 is 5.32 Å². The Bertz CT molecular complexity index is 293. The Morgan fingerprint density at radius 2 is 2.29 bits per heavy atom. The van der Waals surface area contributed by atoms with Crippen molar-refractivity contribution in [1.82, 2.24) is 0 Å². The van der Waals surface area contributed by atoms with Crippen molar-refractivity contribution in [3.05, 3.63) is 27.7 Å². The van der Waals surface area contributed by atoms with Crippen LogP contribution in [-0.4, -0.2) is 18.6 Å². The van der Waals surface area contributed by atoms with Crippen LogP contribution in [0, 0.1) is 0 Å². The van der Waals surface area contributed by atoms with Gasteiger partial charge >= 0.3 is 0 Å². The van der Waals surface area contributed by atoms with E-state index in [9.17, 15) is 0 Å². The molecule has 4 heteroatoms. The topological polar surface area (TPSA) is 12.0 Å². The first-order valence-corrected chi connectivity index (χ1v) is 6.98. The van der Waals surface area contributed by atoms with Crippen molar-refractivity contribution >= 4 is 45.0 Å². The lowest BCUT2D eigenvalue weighted by molar-refractivity contribution is 0.992. The van der Waals surface area contributed by atoms with E-state index in [4.69, 9.17) is 11.6 Å². The second-order valence-electron chi connectivity index (χ2n) is 2.90. The van der Waals surface area contributed by atoms with Crippen LogP contribution in [0.3, 0.4) is 0 Å². The number of thioether (sulfide) groups is 1. The SMILES string of the molecule is CSCCCNc1ccc(Cl)cc1Br. The van der Waals surface area contributed by atoms with E-state index in [0.717, 1.165) is 21.7 Å². The van der Waals surface area contributed by atoms with E-state index in [-0.39, 0.29) is 0 Å². The molecule has 1 rings (SSSR count). The maximum atomic E-state index is 5.84. The van der Waals surface area contributed by atoms with Gasteiger partial charge in [0.25, 0.3) is 0 Å². The van der Waals surface area contributed by atoms with E-state index in [1.54, 1.807) is 0 Å². The van der Waals surface area contributed by atoms with Crippen molar-refractivity contribution in [3.63, 3.8) is 0 Å². The predicted octanol–water partition coefficient (Wildman–Crippen LogP) is 4.27. The third kappa shape index (κ3) is 4.11. The number of hydrogen-bond donors (Lipinski definition) is 1. The molecule has 0 amide bonds. The average Bonchev–Trinajstić information content (AvgIpc) is 2.15. The van der Waals surface area contributed by atoms with Gasteiger partial charge in [0, 0.05) is 21.7 Å². The van der Waals surface area contributed by atoms with Gasteiger partial charge in [-0.2, -0.15) is 11.8 Å². The van der Waals surface area contributed by atoms with Crippen LogP contribution >= 0.6 is 39.3 Å². The van der Waals surface area contributed by atoms with Gasteiger partial charge in [-0.25, -0.2) is 0 Å². The zero-order valence-electron chi connectivity index (χ0n) is 8.02. The average molecular weight is 295 g/mol. The Labute approximate surface area is 103 Å². The maximum absolute atomic E-state index is 5.84. The summed E-state index contributed by atoms with van der Waals surface area (Å²) in [5.41, 5.74) is 1.11. The molecular weight excluding hydrogens is 282 g/mol. The molecule has 1 nitrogen and oxygen atoms in total. The number of nitrogens with one attached hydrogen (secondary N) is 1. The van der Waals surface area contributed by atoms with E-state index >= 15 is 0 Å². The molecule has 0 aromatic heterocycles. The lowest BCUT2D eigenvalue weighted by atomic mass is 10.3. The van der Waals surface area contributed by atoms with Crippen LogP contribution in [-0.2, 0) is 0 Å². The van der Waals surface area contributed by atoms with Gasteiger partial charge in [-0.05, 0) is 52.6 Å². The van der Waals surface area contributed by atoms with E-state index in [1.807, 2.05) is 30.0 Å². The molecule has 0 aliphatic heterocycles. The third-order valence-electron chi connectivity index (χ3n) is 1.77. The summed E-state index contributed by atoms with van der Waals surface area (Å²) in [5, 5.41) is 4.11. The largest absolute Gasteiger partial charge is 0.384 e. The molecule has 0 heterocycles. The molecule has 14 heavy (non-hydrogen) atoms. The van der Waals surface area contributed by atoms with Crippen LogP contribution in [0.1, 0.15) is 6.42 Å². The van der Waals surface area contributed by atoms with E-state index < -0.39 is 0 Å². The molecule has 0 spiro atoms. The molecule has 0 unspecified atom stereocenters. The quantitative estimate of drug-likeness (QED) is 0.814. The molecule has 0 bridgehead atoms. The lowest BCUT2D eigenvalue weighted by Crippen LogP contribution is -2.02. The fourth-order valence-corrected chi connectivity index (χ4v) is 2.33. The Balaban J connectivity index is 2.42. The normalized spacial score (nSPS) is 10.2. The van der Waals surface area contributed by atoms with Crippen molar-refractivity contribution < 1.29 is 0 Å². The van der Waals surface area contributed by atoms with Crippen LogP contribution in [0.4, 0.5) is 5.69 Å². The molecule has 0 aliphatic carbocycles. The molecule has 0 aliphatic rings. The van der Waals surface area contributed by atoms with Gasteiger partial charge in [-0.1, -0.05) is 11.6 Å². The van der Waals surface area contributed by atoms with Gasteiger partial charge in [0.15, 0.2) is 0 Å². The van der Waals surface area contributed by atoms with Crippen LogP contribution < -0.4 is 5.32 Å². The minimum atomic E-state index is 0.756. The Kier molecular flexibility index (Phi) is 5.75. The molecular formula is C10H13BrClNS. The van der Waals surface area contributed by atoms with Crippen LogP contribution in [0.5, 0.6) is 0 Å². The van der Waals surface area contributed by atoms with Crippen molar-refractivity contribution in [2.24, 2.45) is 0 Å². The monoisotopic (exact) mass is 293 g/mol. The fraction of sp³-hybridized carbons (Fsp3) is 0.400. The minimum absolute atomic E-state index is 0.756. The molecule has 0 fully saturated rings. The fourth-order valence-electron chi connectivity index (χ4n) is 1.07. The summed E-state index contributed by atoms with van der Waals surface area (Å²) in [6, 6.07) is 5.78. The summed E-state index contributed by atoms with van der Waals surface area (Å²) >= 11 is 11.2. The molecule has 0 saturated carbocycles. The lowest BCUT2D eigenvalue weighted by Gasteiger charge is -2.07.